The van der Waals surface area contributed by atoms with Gasteiger partial charge < -0.3 is 0 Å². The number of aromatic nitrogens is 3. The third-order valence-corrected chi connectivity index (χ3v) is 4.16. The van der Waals surface area contributed by atoms with E-state index in [9.17, 15) is 4.79 Å². The van der Waals surface area contributed by atoms with Gasteiger partial charge in [0.05, 0.1) is 17.0 Å². The van der Waals surface area contributed by atoms with Crippen molar-refractivity contribution in [1.29, 1.82) is 0 Å². The van der Waals surface area contributed by atoms with Crippen molar-refractivity contribution in [1.82, 2.24) is 14.8 Å². The Morgan fingerprint density at radius 3 is 2.76 bits per heavy atom. The topological polar surface area (TPSA) is 47.8 Å². The Kier molecular flexibility index (Phi) is 3.21. The third-order valence-electron chi connectivity index (χ3n) is 3.94. The zero-order valence-corrected chi connectivity index (χ0v) is 13.0. The Morgan fingerprint density at radius 2 is 2.14 bits per heavy atom. The molecule has 0 saturated carbocycles. The van der Waals surface area contributed by atoms with Gasteiger partial charge in [-0.25, -0.2) is 9.67 Å². The van der Waals surface area contributed by atoms with Gasteiger partial charge in [-0.05, 0) is 30.9 Å². The van der Waals surface area contributed by atoms with Crippen LogP contribution in [0.25, 0.3) is 5.82 Å². The number of fused-ring (bicyclic) bond motifs is 1. The van der Waals surface area contributed by atoms with E-state index in [-0.39, 0.29) is 11.2 Å². The minimum atomic E-state index is -0.315. The lowest BCUT2D eigenvalue weighted by Crippen LogP contribution is -2.31. The molecule has 2 aromatic heterocycles. The van der Waals surface area contributed by atoms with Gasteiger partial charge in [-0.3, -0.25) is 4.79 Å². The van der Waals surface area contributed by atoms with Crippen LogP contribution in [0.3, 0.4) is 0 Å². The van der Waals surface area contributed by atoms with Crippen LogP contribution in [0.2, 0.25) is 0 Å². The Hall–Kier alpha value is -1.94. The molecule has 0 bridgehead atoms. The number of pyridine rings is 1. The lowest BCUT2D eigenvalue weighted by molar-refractivity contribution is 0.0994. The Balaban J connectivity index is 2.24. The lowest BCUT2D eigenvalue weighted by Gasteiger charge is -2.31. The second kappa shape index (κ2) is 4.81. The molecule has 0 spiro atoms. The Bertz CT molecular complexity index is 744. The maximum Gasteiger partial charge on any atom is 0.194 e. The van der Waals surface area contributed by atoms with E-state index in [1.165, 1.54) is 5.54 Å². The molecule has 2 heterocycles. The summed E-state index contributed by atoms with van der Waals surface area (Å²) in [6.45, 7) is 5.89. The molecule has 1 aliphatic carbocycles. The molecule has 0 amide bonds. The largest absolute Gasteiger partial charge is 0.289 e. The summed E-state index contributed by atoms with van der Waals surface area (Å²) in [6, 6.07) is 5.65. The van der Waals surface area contributed by atoms with Crippen molar-refractivity contribution < 1.29 is 4.79 Å². The van der Waals surface area contributed by atoms with E-state index in [4.69, 9.17) is 11.6 Å². The highest BCUT2D eigenvalue weighted by Gasteiger charge is 2.40. The highest BCUT2D eigenvalue weighted by Crippen LogP contribution is 2.40. The van der Waals surface area contributed by atoms with Gasteiger partial charge in [0.2, 0.25) is 0 Å². The van der Waals surface area contributed by atoms with E-state index in [1.54, 1.807) is 10.9 Å². The molecular formula is C16H16ClN3O. The van der Waals surface area contributed by atoms with Crippen LogP contribution in [0.5, 0.6) is 0 Å². The zero-order valence-electron chi connectivity index (χ0n) is 12.2. The third kappa shape index (κ3) is 2.10. The van der Waals surface area contributed by atoms with Gasteiger partial charge in [0.15, 0.2) is 11.6 Å². The fraction of sp³-hybridized carbons (Fsp3) is 0.312. The smallest absolute Gasteiger partial charge is 0.194 e. The molecule has 3 rings (SSSR count). The van der Waals surface area contributed by atoms with Crippen LogP contribution in [-0.2, 0) is 6.42 Å². The number of ketones is 1. The first kappa shape index (κ1) is 14.0. The van der Waals surface area contributed by atoms with Crippen molar-refractivity contribution in [3.8, 4) is 5.82 Å². The number of allylic oxidation sites excluding steroid dienone is 1. The fourth-order valence-corrected chi connectivity index (χ4v) is 3.25. The molecule has 108 valence electrons. The number of halogens is 1. The highest BCUT2D eigenvalue weighted by atomic mass is 35.5. The monoisotopic (exact) mass is 301 g/mol. The Morgan fingerprint density at radius 1 is 1.38 bits per heavy atom. The van der Waals surface area contributed by atoms with Gasteiger partial charge in [0.1, 0.15) is 0 Å². The van der Waals surface area contributed by atoms with Crippen molar-refractivity contribution in [2.24, 2.45) is 5.41 Å². The fourth-order valence-electron chi connectivity index (χ4n) is 2.86. The number of hydrogen-bond donors (Lipinski definition) is 0. The van der Waals surface area contributed by atoms with Gasteiger partial charge in [0.25, 0.3) is 0 Å². The van der Waals surface area contributed by atoms with Crippen LogP contribution in [0.1, 0.15) is 35.6 Å². The molecule has 21 heavy (non-hydrogen) atoms. The molecule has 0 aromatic carbocycles. The van der Waals surface area contributed by atoms with Crippen molar-refractivity contribution in [2.45, 2.75) is 27.2 Å². The molecule has 4 nitrogen and oxygen atoms in total. The normalized spacial score (nSPS) is 18.9. The van der Waals surface area contributed by atoms with Crippen molar-refractivity contribution in [3.63, 3.8) is 0 Å². The summed E-state index contributed by atoms with van der Waals surface area (Å²) in [5, 5.41) is 4.51. The summed E-state index contributed by atoms with van der Waals surface area (Å²) in [4.78, 5) is 17.0. The van der Waals surface area contributed by atoms with E-state index in [1.807, 2.05) is 39.0 Å². The second-order valence-electron chi connectivity index (χ2n) is 5.92. The van der Waals surface area contributed by atoms with Gasteiger partial charge in [-0.1, -0.05) is 31.5 Å². The molecule has 2 aromatic rings. The number of hydrogen-bond acceptors (Lipinski definition) is 3. The van der Waals surface area contributed by atoms with Crippen LogP contribution in [0, 0.1) is 12.3 Å². The maximum atomic E-state index is 12.7. The molecular weight excluding hydrogens is 286 g/mol. The minimum absolute atomic E-state index is 0.0315. The molecule has 0 N–H and O–H groups in total. The lowest BCUT2D eigenvalue weighted by atomic mass is 9.72. The summed E-state index contributed by atoms with van der Waals surface area (Å²) in [6.07, 6.45) is 2.42. The van der Waals surface area contributed by atoms with Crippen LogP contribution in [0.4, 0.5) is 0 Å². The predicted molar refractivity (Wildman–Crippen MR) is 81.8 cm³/mol. The quantitative estimate of drug-likeness (QED) is 0.758. The Labute approximate surface area is 128 Å². The average Bonchev–Trinajstić information content (AvgIpc) is 2.76. The first-order chi connectivity index (χ1) is 9.95. The second-order valence-corrected chi connectivity index (χ2v) is 6.14. The standard InChI is InChI=1S/C16H16ClN3O/c1-10-14-12(8-16(2,3)11(9-17)15(14)21)20(19-10)13-6-4-5-7-18-13/h4-7,9H,8H2,1-3H3/b11-9+. The molecule has 0 aliphatic heterocycles. The van der Waals surface area contributed by atoms with Gasteiger partial charge >= 0.3 is 0 Å². The predicted octanol–water partition coefficient (Wildman–Crippen LogP) is 3.46. The number of carbonyl (C=O) groups is 1. The molecule has 0 radical (unpaired) electrons. The van der Waals surface area contributed by atoms with Gasteiger partial charge in [-0.2, -0.15) is 5.10 Å². The molecule has 5 heteroatoms. The van der Waals surface area contributed by atoms with E-state index in [2.05, 4.69) is 10.1 Å². The summed E-state index contributed by atoms with van der Waals surface area (Å²) in [5.74, 6) is 0.694. The van der Waals surface area contributed by atoms with Crippen LogP contribution >= 0.6 is 11.6 Å². The summed E-state index contributed by atoms with van der Waals surface area (Å²) in [7, 11) is 0. The molecule has 1 aliphatic rings. The average molecular weight is 302 g/mol. The van der Waals surface area contributed by atoms with Crippen LogP contribution in [-0.4, -0.2) is 20.5 Å². The van der Waals surface area contributed by atoms with E-state index in [0.717, 1.165) is 11.5 Å². The zero-order chi connectivity index (χ0) is 15.2. The van der Waals surface area contributed by atoms with Gasteiger partial charge in [-0.15, -0.1) is 0 Å². The number of aryl methyl sites for hydroxylation is 1. The molecule has 0 saturated heterocycles. The maximum absolute atomic E-state index is 12.7. The molecule has 0 fully saturated rings. The number of nitrogens with zero attached hydrogens (tertiary/aromatic N) is 3. The minimum Gasteiger partial charge on any atom is -0.289 e. The SMILES string of the molecule is Cc1nn(-c2ccccn2)c2c1C(=O)/C(=C\Cl)C(C)(C)C2. The van der Waals surface area contributed by atoms with E-state index in [0.29, 0.717) is 23.3 Å². The van der Waals surface area contributed by atoms with Crippen LogP contribution < -0.4 is 0 Å². The van der Waals surface area contributed by atoms with Crippen molar-refractivity contribution in [3.05, 3.63) is 52.5 Å². The van der Waals surface area contributed by atoms with Crippen molar-refractivity contribution in [2.75, 3.05) is 0 Å². The first-order valence-corrected chi connectivity index (χ1v) is 7.25. The molecule has 0 unspecified atom stereocenters. The first-order valence-electron chi connectivity index (χ1n) is 6.81. The summed E-state index contributed by atoms with van der Waals surface area (Å²) in [5.41, 5.74) is 4.01. The van der Waals surface area contributed by atoms with Crippen molar-refractivity contribution >= 4 is 17.4 Å². The number of carbonyl (C=O) groups excluding carboxylic acids is 1. The number of rotatable bonds is 1. The van der Waals surface area contributed by atoms with Crippen LogP contribution in [0.15, 0.2) is 35.5 Å². The van der Waals surface area contributed by atoms with E-state index >= 15 is 0 Å². The number of Topliss-reactive ketones (excluding diaryl/α,β-unsaturated/α-hetero) is 1. The highest BCUT2D eigenvalue weighted by molar-refractivity contribution is 6.29. The summed E-state index contributed by atoms with van der Waals surface area (Å²) < 4.78 is 1.77. The molecule has 0 atom stereocenters. The van der Waals surface area contributed by atoms with Gasteiger partial charge in [0, 0.05) is 17.3 Å². The summed E-state index contributed by atoms with van der Waals surface area (Å²) >= 11 is 5.88. The van der Waals surface area contributed by atoms with E-state index < -0.39 is 0 Å².